The number of aromatic nitrogens is 3. The van der Waals surface area contributed by atoms with Crippen LogP contribution in [-0.2, 0) is 0 Å². The normalized spacial score (nSPS) is 11.5. The number of hydrogen-bond acceptors (Lipinski definition) is 4. The fourth-order valence-corrected chi connectivity index (χ4v) is 3.91. The summed E-state index contributed by atoms with van der Waals surface area (Å²) in [5, 5.41) is 2.28. The second-order valence-corrected chi connectivity index (χ2v) is 6.42. The van der Waals surface area contributed by atoms with Crippen LogP contribution in [0.2, 0.25) is 0 Å². The maximum atomic E-state index is 4.89. The first-order valence-electron chi connectivity index (χ1n) is 7.38. The Balaban J connectivity index is 1.84. The van der Waals surface area contributed by atoms with Gasteiger partial charge in [0, 0.05) is 27.2 Å². The Hall–Kier alpha value is -2.85. The second kappa shape index (κ2) is 4.83. The van der Waals surface area contributed by atoms with Gasteiger partial charge in [-0.25, -0.2) is 9.97 Å². The molecule has 0 bridgehead atoms. The molecule has 3 aromatic heterocycles. The molecular weight excluding hydrogens is 302 g/mol. The number of hydrogen-bond donors (Lipinski definition) is 0. The quantitative estimate of drug-likeness (QED) is 0.434. The highest BCUT2D eigenvalue weighted by Gasteiger charge is 2.11. The van der Waals surface area contributed by atoms with Crippen molar-refractivity contribution in [3.8, 4) is 11.3 Å². The molecule has 0 spiro atoms. The maximum Gasteiger partial charge on any atom is 0.143 e. The van der Waals surface area contributed by atoms with E-state index in [1.54, 1.807) is 11.3 Å². The van der Waals surface area contributed by atoms with E-state index in [1.807, 2.05) is 36.7 Å². The van der Waals surface area contributed by atoms with Crippen molar-refractivity contribution < 1.29 is 0 Å². The van der Waals surface area contributed by atoms with Gasteiger partial charge in [0.25, 0.3) is 0 Å². The predicted molar refractivity (Wildman–Crippen MR) is 95.7 cm³/mol. The summed E-state index contributed by atoms with van der Waals surface area (Å²) in [7, 11) is 0. The van der Waals surface area contributed by atoms with Gasteiger partial charge < -0.3 is 0 Å². The fraction of sp³-hybridized carbons (Fsp3) is 0. The van der Waals surface area contributed by atoms with Gasteiger partial charge in [-0.05, 0) is 12.1 Å². The molecule has 4 heteroatoms. The maximum absolute atomic E-state index is 4.89. The molecule has 2 aromatic carbocycles. The van der Waals surface area contributed by atoms with E-state index in [-0.39, 0.29) is 0 Å². The second-order valence-electron chi connectivity index (χ2n) is 5.39. The van der Waals surface area contributed by atoms with E-state index in [0.29, 0.717) is 0 Å². The SMILES string of the molecule is c1cnc2c(-c3cnc4sc5ccccc5c4n3)cccc2c1. The molecule has 0 saturated heterocycles. The summed E-state index contributed by atoms with van der Waals surface area (Å²) in [5.41, 5.74) is 3.82. The first kappa shape index (κ1) is 12.7. The third-order valence-corrected chi connectivity index (χ3v) is 5.06. The number of benzene rings is 2. The van der Waals surface area contributed by atoms with Crippen LogP contribution in [0, 0.1) is 0 Å². The molecule has 0 N–H and O–H groups in total. The summed E-state index contributed by atoms with van der Waals surface area (Å²) >= 11 is 1.68. The average molecular weight is 313 g/mol. The molecule has 3 nitrogen and oxygen atoms in total. The standard InChI is InChI=1S/C19H11N3S/c1-2-9-16-14(7-1)18-19(23-16)21-11-15(22-18)13-8-3-5-12-6-4-10-20-17(12)13/h1-11H. The van der Waals surface area contributed by atoms with Gasteiger partial charge >= 0.3 is 0 Å². The number of pyridine rings is 1. The zero-order valence-corrected chi connectivity index (χ0v) is 12.9. The molecule has 0 amide bonds. The molecule has 0 fully saturated rings. The van der Waals surface area contributed by atoms with E-state index in [9.17, 15) is 0 Å². The third kappa shape index (κ3) is 1.92. The van der Waals surface area contributed by atoms with E-state index in [1.165, 1.54) is 4.70 Å². The molecule has 0 aliphatic carbocycles. The lowest BCUT2D eigenvalue weighted by Gasteiger charge is -2.05. The highest BCUT2D eigenvalue weighted by atomic mass is 32.1. The van der Waals surface area contributed by atoms with Gasteiger partial charge in [-0.1, -0.05) is 42.5 Å². The van der Waals surface area contributed by atoms with Crippen LogP contribution < -0.4 is 0 Å². The number of nitrogens with zero attached hydrogens (tertiary/aromatic N) is 3. The van der Waals surface area contributed by atoms with Gasteiger partial charge in [-0.15, -0.1) is 11.3 Å². The molecule has 3 heterocycles. The molecule has 23 heavy (non-hydrogen) atoms. The fourth-order valence-electron chi connectivity index (χ4n) is 2.92. The first-order chi connectivity index (χ1) is 11.4. The van der Waals surface area contributed by atoms with Crippen molar-refractivity contribution in [2.45, 2.75) is 0 Å². The van der Waals surface area contributed by atoms with Crippen molar-refractivity contribution in [1.82, 2.24) is 15.0 Å². The minimum Gasteiger partial charge on any atom is -0.256 e. The highest BCUT2D eigenvalue weighted by molar-refractivity contribution is 7.25. The minimum absolute atomic E-state index is 0.866. The van der Waals surface area contributed by atoms with Crippen molar-refractivity contribution >= 4 is 42.7 Å². The Morgan fingerprint density at radius 2 is 1.70 bits per heavy atom. The van der Waals surface area contributed by atoms with E-state index in [2.05, 4.69) is 40.3 Å². The molecule has 108 valence electrons. The molecule has 0 aliphatic rings. The van der Waals surface area contributed by atoms with E-state index < -0.39 is 0 Å². The van der Waals surface area contributed by atoms with Crippen LogP contribution in [0.1, 0.15) is 0 Å². The summed E-state index contributed by atoms with van der Waals surface area (Å²) in [4.78, 5) is 15.0. The van der Waals surface area contributed by atoms with E-state index in [4.69, 9.17) is 4.98 Å². The molecule has 0 unspecified atom stereocenters. The first-order valence-corrected chi connectivity index (χ1v) is 8.20. The molecule has 0 aliphatic heterocycles. The predicted octanol–water partition coefficient (Wildman–Crippen LogP) is 5.06. The molecule has 5 aromatic rings. The lowest BCUT2D eigenvalue weighted by Crippen LogP contribution is -1.89. The van der Waals surface area contributed by atoms with Gasteiger partial charge in [0.15, 0.2) is 0 Å². The van der Waals surface area contributed by atoms with E-state index in [0.717, 1.165) is 37.9 Å². The van der Waals surface area contributed by atoms with Crippen LogP contribution in [0.25, 0.3) is 42.6 Å². The van der Waals surface area contributed by atoms with Crippen LogP contribution in [-0.4, -0.2) is 15.0 Å². The summed E-state index contributed by atoms with van der Waals surface area (Å²) in [6.07, 6.45) is 3.67. The van der Waals surface area contributed by atoms with Crippen LogP contribution in [0.4, 0.5) is 0 Å². The Morgan fingerprint density at radius 1 is 0.783 bits per heavy atom. The van der Waals surface area contributed by atoms with Crippen molar-refractivity contribution in [3.63, 3.8) is 0 Å². The zero-order valence-electron chi connectivity index (χ0n) is 12.1. The molecule has 0 atom stereocenters. The van der Waals surface area contributed by atoms with Gasteiger partial charge in [0.05, 0.1) is 17.4 Å². The summed E-state index contributed by atoms with van der Waals surface area (Å²) in [6.45, 7) is 0. The number of para-hydroxylation sites is 1. The van der Waals surface area contributed by atoms with Crippen molar-refractivity contribution in [2.75, 3.05) is 0 Å². The monoisotopic (exact) mass is 313 g/mol. The molecule has 0 saturated carbocycles. The summed E-state index contributed by atoms with van der Waals surface area (Å²) in [6, 6.07) is 18.5. The lowest BCUT2D eigenvalue weighted by atomic mass is 10.1. The van der Waals surface area contributed by atoms with Crippen molar-refractivity contribution in [2.24, 2.45) is 0 Å². The van der Waals surface area contributed by atoms with Crippen molar-refractivity contribution in [3.05, 3.63) is 67.0 Å². The number of rotatable bonds is 1. The lowest BCUT2D eigenvalue weighted by molar-refractivity contribution is 1.31. The summed E-state index contributed by atoms with van der Waals surface area (Å²) in [5.74, 6) is 0. The van der Waals surface area contributed by atoms with Crippen LogP contribution in [0.15, 0.2) is 67.0 Å². The zero-order chi connectivity index (χ0) is 15.2. The summed E-state index contributed by atoms with van der Waals surface area (Å²) < 4.78 is 1.22. The van der Waals surface area contributed by atoms with E-state index >= 15 is 0 Å². The van der Waals surface area contributed by atoms with Gasteiger partial charge in [-0.3, -0.25) is 4.98 Å². The highest BCUT2D eigenvalue weighted by Crippen LogP contribution is 2.33. The number of thiophene rings is 1. The third-order valence-electron chi connectivity index (χ3n) is 4.00. The van der Waals surface area contributed by atoms with Crippen molar-refractivity contribution in [1.29, 1.82) is 0 Å². The number of fused-ring (bicyclic) bond motifs is 4. The largest absolute Gasteiger partial charge is 0.256 e. The van der Waals surface area contributed by atoms with Crippen LogP contribution >= 0.6 is 11.3 Å². The molecule has 0 radical (unpaired) electrons. The van der Waals surface area contributed by atoms with Crippen LogP contribution in [0.3, 0.4) is 0 Å². The van der Waals surface area contributed by atoms with Gasteiger partial charge in [0.1, 0.15) is 10.3 Å². The Labute approximate surface area is 136 Å². The Morgan fingerprint density at radius 3 is 2.70 bits per heavy atom. The van der Waals surface area contributed by atoms with Crippen LogP contribution in [0.5, 0.6) is 0 Å². The molecule has 5 rings (SSSR count). The average Bonchev–Trinajstić information content (AvgIpc) is 2.99. The van der Waals surface area contributed by atoms with Gasteiger partial charge in [-0.2, -0.15) is 0 Å². The smallest absolute Gasteiger partial charge is 0.143 e. The Bertz CT molecular complexity index is 1170. The minimum atomic E-state index is 0.866. The topological polar surface area (TPSA) is 38.7 Å². The molecular formula is C19H11N3S. The Kier molecular flexibility index (Phi) is 2.66. The van der Waals surface area contributed by atoms with Gasteiger partial charge in [0.2, 0.25) is 0 Å².